The Morgan fingerprint density at radius 1 is 1.33 bits per heavy atom. The van der Waals surface area contributed by atoms with Gasteiger partial charge >= 0.3 is 0 Å². The number of rotatable bonds is 8. The molecule has 0 amide bonds. The monoisotopic (exact) mass is 409 g/mol. The zero-order chi connectivity index (χ0) is 14.8. The van der Waals surface area contributed by atoms with E-state index in [-0.39, 0.29) is 30.5 Å². The van der Waals surface area contributed by atoms with Crippen LogP contribution in [0, 0.1) is 0 Å². The van der Waals surface area contributed by atoms with E-state index in [1.54, 1.807) is 25.3 Å². The van der Waals surface area contributed by atoms with Crippen LogP contribution < -0.4 is 10.6 Å². The number of hydrogen-bond donors (Lipinski definition) is 3. The zero-order valence-electron chi connectivity index (χ0n) is 13.2. The molecule has 1 rings (SSSR count). The van der Waals surface area contributed by atoms with Crippen LogP contribution in [0.5, 0.6) is 0 Å². The van der Waals surface area contributed by atoms with Gasteiger partial charge in [-0.05, 0) is 32.4 Å². The molecule has 0 radical (unpaired) electrons. The Morgan fingerprint density at radius 2 is 2.10 bits per heavy atom. The lowest BCUT2D eigenvalue weighted by atomic mass is 10.0. The van der Waals surface area contributed by atoms with Crippen LogP contribution in [0.3, 0.4) is 0 Å². The molecule has 1 atom stereocenters. The number of halogens is 1. The molecular weight excluding hydrogens is 381 g/mol. The Kier molecular flexibility index (Phi) is 10.5. The largest absolute Gasteiger partial charge is 0.466 e. The number of nitrogens with one attached hydrogen (secondary N) is 2. The number of hydrogen-bond acceptors (Lipinski definition) is 3. The topological polar surface area (TPSA) is 69.8 Å². The van der Waals surface area contributed by atoms with E-state index in [4.69, 9.17) is 4.42 Å². The van der Waals surface area contributed by atoms with E-state index in [2.05, 4.69) is 22.5 Å². The van der Waals surface area contributed by atoms with Crippen molar-refractivity contribution in [3.63, 3.8) is 0 Å². The molecule has 0 saturated carbocycles. The number of aliphatic hydroxyl groups is 1. The normalized spacial score (nSPS) is 14.2. The maximum absolute atomic E-state index is 10.3. The first-order valence-corrected chi connectivity index (χ1v) is 7.38. The van der Waals surface area contributed by atoms with Crippen molar-refractivity contribution >= 4 is 29.9 Å². The van der Waals surface area contributed by atoms with Gasteiger partial charge in [0.1, 0.15) is 11.4 Å². The first-order chi connectivity index (χ1) is 9.60. The van der Waals surface area contributed by atoms with Crippen LogP contribution in [0.1, 0.15) is 45.8 Å². The summed E-state index contributed by atoms with van der Waals surface area (Å²) in [6, 6.07) is 3.53. The Bertz CT molecular complexity index is 392. The van der Waals surface area contributed by atoms with Crippen LogP contribution in [-0.4, -0.2) is 30.7 Å². The molecule has 0 aliphatic carbocycles. The van der Waals surface area contributed by atoms with Gasteiger partial charge in [0.25, 0.3) is 0 Å². The second-order valence-electron chi connectivity index (χ2n) is 5.08. The minimum Gasteiger partial charge on any atom is -0.466 e. The van der Waals surface area contributed by atoms with Crippen molar-refractivity contribution in [3.05, 3.63) is 24.2 Å². The smallest absolute Gasteiger partial charge is 0.191 e. The second-order valence-corrected chi connectivity index (χ2v) is 5.08. The van der Waals surface area contributed by atoms with Crippen LogP contribution in [0.2, 0.25) is 0 Å². The van der Waals surface area contributed by atoms with Crippen molar-refractivity contribution in [2.24, 2.45) is 4.99 Å². The van der Waals surface area contributed by atoms with Gasteiger partial charge in [-0.2, -0.15) is 0 Å². The van der Waals surface area contributed by atoms with Gasteiger partial charge in [-0.15, -0.1) is 24.0 Å². The Morgan fingerprint density at radius 3 is 2.67 bits per heavy atom. The molecule has 1 heterocycles. The quantitative estimate of drug-likeness (QED) is 0.267. The molecule has 5 nitrogen and oxygen atoms in total. The molecule has 0 saturated heterocycles. The van der Waals surface area contributed by atoms with Crippen molar-refractivity contribution in [1.29, 1.82) is 0 Å². The van der Waals surface area contributed by atoms with Crippen LogP contribution >= 0.6 is 24.0 Å². The van der Waals surface area contributed by atoms with Gasteiger partial charge in [0.2, 0.25) is 0 Å². The fraction of sp³-hybridized carbons (Fsp3) is 0.667. The summed E-state index contributed by atoms with van der Waals surface area (Å²) in [5.41, 5.74) is -1.09. The number of nitrogens with zero attached hydrogens (tertiary/aromatic N) is 1. The third-order valence-electron chi connectivity index (χ3n) is 3.01. The third kappa shape index (κ3) is 7.71. The molecule has 1 unspecified atom stereocenters. The summed E-state index contributed by atoms with van der Waals surface area (Å²) in [7, 11) is 0. The standard InChI is InChI=1S/C15H27N3O2.HI/c1-4-6-7-10-17-14(16-5-2)18-12-15(3,19)13-9-8-11-20-13;/h8-9,11,19H,4-7,10,12H2,1-3H3,(H2,16,17,18);1H. The lowest BCUT2D eigenvalue weighted by molar-refractivity contribution is 0.0437. The SMILES string of the molecule is CCCCCNC(=NCC(C)(O)c1ccco1)NCC.I. The molecule has 0 fully saturated rings. The molecular formula is C15H28IN3O2. The summed E-state index contributed by atoms with van der Waals surface area (Å²) in [6.45, 7) is 7.85. The average Bonchev–Trinajstić information content (AvgIpc) is 2.95. The summed E-state index contributed by atoms with van der Waals surface area (Å²) in [5, 5.41) is 16.8. The predicted molar refractivity (Wildman–Crippen MR) is 97.2 cm³/mol. The van der Waals surface area contributed by atoms with Crippen molar-refractivity contribution in [3.8, 4) is 0 Å². The van der Waals surface area contributed by atoms with Crippen LogP contribution in [0.4, 0.5) is 0 Å². The second kappa shape index (κ2) is 10.9. The van der Waals surface area contributed by atoms with Crippen molar-refractivity contribution < 1.29 is 9.52 Å². The van der Waals surface area contributed by atoms with Gasteiger partial charge in [-0.25, -0.2) is 4.99 Å². The van der Waals surface area contributed by atoms with E-state index in [0.29, 0.717) is 5.76 Å². The molecule has 0 spiro atoms. The van der Waals surface area contributed by atoms with E-state index >= 15 is 0 Å². The minimum absolute atomic E-state index is 0. The summed E-state index contributed by atoms with van der Waals surface area (Å²) in [4.78, 5) is 4.42. The molecule has 0 aliphatic heterocycles. The van der Waals surface area contributed by atoms with E-state index < -0.39 is 5.60 Å². The molecule has 1 aromatic rings. The minimum atomic E-state index is -1.09. The van der Waals surface area contributed by atoms with Crippen LogP contribution in [0.15, 0.2) is 27.8 Å². The zero-order valence-corrected chi connectivity index (χ0v) is 15.5. The molecule has 0 aliphatic rings. The van der Waals surface area contributed by atoms with E-state index in [9.17, 15) is 5.11 Å². The molecule has 0 aromatic carbocycles. The van der Waals surface area contributed by atoms with Gasteiger partial charge in [0, 0.05) is 13.1 Å². The highest BCUT2D eigenvalue weighted by Gasteiger charge is 2.25. The maximum Gasteiger partial charge on any atom is 0.191 e. The highest BCUT2D eigenvalue weighted by molar-refractivity contribution is 14.0. The highest BCUT2D eigenvalue weighted by atomic mass is 127. The van der Waals surface area contributed by atoms with E-state index in [1.807, 2.05) is 6.92 Å². The molecule has 6 heteroatoms. The van der Waals surface area contributed by atoms with E-state index in [1.165, 1.54) is 12.8 Å². The average molecular weight is 409 g/mol. The van der Waals surface area contributed by atoms with Crippen LogP contribution in [0.25, 0.3) is 0 Å². The van der Waals surface area contributed by atoms with Crippen molar-refractivity contribution in [2.45, 2.75) is 45.6 Å². The molecule has 1 aromatic heterocycles. The van der Waals surface area contributed by atoms with Crippen molar-refractivity contribution in [2.75, 3.05) is 19.6 Å². The third-order valence-corrected chi connectivity index (χ3v) is 3.01. The lowest BCUT2D eigenvalue weighted by Crippen LogP contribution is -2.39. The number of furan rings is 1. The van der Waals surface area contributed by atoms with Gasteiger partial charge in [-0.1, -0.05) is 19.8 Å². The summed E-state index contributed by atoms with van der Waals surface area (Å²) >= 11 is 0. The summed E-state index contributed by atoms with van der Waals surface area (Å²) in [5.74, 6) is 1.26. The van der Waals surface area contributed by atoms with Crippen LogP contribution in [-0.2, 0) is 5.60 Å². The molecule has 0 bridgehead atoms. The van der Waals surface area contributed by atoms with Gasteiger partial charge in [0.15, 0.2) is 5.96 Å². The number of unbranched alkanes of at least 4 members (excludes halogenated alkanes) is 2. The Hall–Kier alpha value is -0.760. The summed E-state index contributed by atoms with van der Waals surface area (Å²) < 4.78 is 5.24. The fourth-order valence-corrected chi connectivity index (χ4v) is 1.82. The molecule has 122 valence electrons. The molecule has 3 N–H and O–H groups in total. The van der Waals surface area contributed by atoms with Gasteiger partial charge in [0.05, 0.1) is 12.8 Å². The Labute approximate surface area is 144 Å². The maximum atomic E-state index is 10.3. The first-order valence-electron chi connectivity index (χ1n) is 7.38. The first kappa shape index (κ1) is 20.2. The highest BCUT2D eigenvalue weighted by Crippen LogP contribution is 2.20. The lowest BCUT2D eigenvalue weighted by Gasteiger charge is -2.19. The molecule has 21 heavy (non-hydrogen) atoms. The predicted octanol–water partition coefficient (Wildman–Crippen LogP) is 2.85. The Balaban J connectivity index is 0.00000400. The number of guanidine groups is 1. The van der Waals surface area contributed by atoms with Crippen molar-refractivity contribution in [1.82, 2.24) is 10.6 Å². The number of aliphatic imine (C=N–C) groups is 1. The van der Waals surface area contributed by atoms with Gasteiger partial charge < -0.3 is 20.2 Å². The van der Waals surface area contributed by atoms with E-state index in [0.717, 1.165) is 25.5 Å². The van der Waals surface area contributed by atoms with Gasteiger partial charge in [-0.3, -0.25) is 0 Å². The fourth-order valence-electron chi connectivity index (χ4n) is 1.82. The summed E-state index contributed by atoms with van der Waals surface area (Å²) in [6.07, 6.45) is 5.08.